The number of ether oxygens (including phenoxy) is 1. The maximum Gasteiger partial charge on any atom is 0.293 e. The summed E-state index contributed by atoms with van der Waals surface area (Å²) in [5.41, 5.74) is 0.927. The summed E-state index contributed by atoms with van der Waals surface area (Å²) in [7, 11) is 1.58. The van der Waals surface area contributed by atoms with Crippen LogP contribution in [0.1, 0.15) is 24.4 Å². The number of hydrogen-bond donors (Lipinski definition) is 1. The molecule has 1 fully saturated rings. The van der Waals surface area contributed by atoms with Gasteiger partial charge in [-0.25, -0.2) is 9.97 Å². The van der Waals surface area contributed by atoms with Gasteiger partial charge < -0.3 is 14.6 Å². The van der Waals surface area contributed by atoms with Gasteiger partial charge in [0.15, 0.2) is 5.82 Å². The molecule has 0 bridgehead atoms. The van der Waals surface area contributed by atoms with Crippen molar-refractivity contribution >= 4 is 5.82 Å². The van der Waals surface area contributed by atoms with Gasteiger partial charge in [-0.05, 0) is 24.5 Å². The van der Waals surface area contributed by atoms with E-state index in [2.05, 4.69) is 15.3 Å². The van der Waals surface area contributed by atoms with Crippen molar-refractivity contribution in [3.8, 4) is 5.88 Å². The van der Waals surface area contributed by atoms with E-state index in [9.17, 15) is 4.79 Å². The van der Waals surface area contributed by atoms with Crippen LogP contribution < -0.4 is 15.6 Å². The average molecular weight is 272 g/mol. The lowest BCUT2D eigenvalue weighted by atomic mass is 10.2. The molecule has 0 spiro atoms. The number of rotatable bonds is 5. The third-order valence-electron chi connectivity index (χ3n) is 3.28. The third-order valence-corrected chi connectivity index (χ3v) is 3.28. The van der Waals surface area contributed by atoms with E-state index in [-0.39, 0.29) is 5.56 Å². The second kappa shape index (κ2) is 5.32. The summed E-state index contributed by atoms with van der Waals surface area (Å²) in [4.78, 5) is 20.4. The topological polar surface area (TPSA) is 69.0 Å². The van der Waals surface area contributed by atoms with Gasteiger partial charge in [-0.15, -0.1) is 0 Å². The van der Waals surface area contributed by atoms with Crippen LogP contribution >= 0.6 is 0 Å². The molecular formula is C14H16N4O2. The molecule has 2 heterocycles. The molecule has 0 aliphatic heterocycles. The Hall–Kier alpha value is -2.37. The zero-order valence-electron chi connectivity index (χ0n) is 11.2. The fourth-order valence-corrected chi connectivity index (χ4v) is 2.04. The van der Waals surface area contributed by atoms with Crippen molar-refractivity contribution < 1.29 is 4.74 Å². The highest BCUT2D eigenvalue weighted by Crippen LogP contribution is 2.33. The van der Waals surface area contributed by atoms with Crippen LogP contribution in [0.4, 0.5) is 5.82 Å². The smallest absolute Gasteiger partial charge is 0.293 e. The number of methoxy groups -OCH3 is 1. The molecular weight excluding hydrogens is 256 g/mol. The largest absolute Gasteiger partial charge is 0.481 e. The van der Waals surface area contributed by atoms with E-state index >= 15 is 0 Å². The van der Waals surface area contributed by atoms with Crippen LogP contribution in [-0.2, 0) is 6.54 Å². The standard InChI is InChI=1S/C14H16N4O2/c1-20-12-8-10(4-5-15-12)9-17-13-14(19)18(7-6-16-13)11-2-3-11/h4-8,11H,2-3,9H2,1H3,(H,16,17). The van der Waals surface area contributed by atoms with Crippen molar-refractivity contribution in [3.05, 3.63) is 46.6 Å². The Kier molecular flexibility index (Phi) is 3.37. The van der Waals surface area contributed by atoms with Crippen molar-refractivity contribution in [2.75, 3.05) is 12.4 Å². The first-order valence-electron chi connectivity index (χ1n) is 6.58. The minimum absolute atomic E-state index is 0.0592. The van der Waals surface area contributed by atoms with Gasteiger partial charge in [-0.2, -0.15) is 0 Å². The predicted molar refractivity (Wildman–Crippen MR) is 74.9 cm³/mol. The number of anilines is 1. The molecule has 1 N–H and O–H groups in total. The monoisotopic (exact) mass is 272 g/mol. The summed E-state index contributed by atoms with van der Waals surface area (Å²) >= 11 is 0. The van der Waals surface area contributed by atoms with Crippen LogP contribution in [0, 0.1) is 0 Å². The van der Waals surface area contributed by atoms with E-state index in [1.165, 1.54) is 0 Å². The molecule has 0 amide bonds. The van der Waals surface area contributed by atoms with E-state index in [1.54, 1.807) is 30.3 Å². The molecule has 104 valence electrons. The Morgan fingerprint density at radius 2 is 2.25 bits per heavy atom. The van der Waals surface area contributed by atoms with Gasteiger partial charge in [-0.1, -0.05) is 0 Å². The highest BCUT2D eigenvalue weighted by Gasteiger charge is 2.25. The molecule has 1 saturated carbocycles. The van der Waals surface area contributed by atoms with Gasteiger partial charge in [0.1, 0.15) is 0 Å². The van der Waals surface area contributed by atoms with Crippen molar-refractivity contribution in [1.82, 2.24) is 14.5 Å². The van der Waals surface area contributed by atoms with Crippen LogP contribution in [-0.4, -0.2) is 21.6 Å². The Balaban J connectivity index is 1.75. The van der Waals surface area contributed by atoms with Crippen LogP contribution in [0.2, 0.25) is 0 Å². The highest BCUT2D eigenvalue weighted by molar-refractivity contribution is 5.33. The number of nitrogens with zero attached hydrogens (tertiary/aromatic N) is 3. The molecule has 3 rings (SSSR count). The van der Waals surface area contributed by atoms with Crippen LogP contribution in [0.25, 0.3) is 0 Å². The quantitative estimate of drug-likeness (QED) is 0.895. The average Bonchev–Trinajstić information content (AvgIpc) is 3.31. The molecule has 0 saturated heterocycles. The summed E-state index contributed by atoms with van der Waals surface area (Å²) in [6.45, 7) is 0.510. The SMILES string of the molecule is COc1cc(CNc2nccn(C3CC3)c2=O)ccn1. The number of nitrogens with one attached hydrogen (secondary N) is 1. The zero-order chi connectivity index (χ0) is 13.9. The van der Waals surface area contributed by atoms with Gasteiger partial charge in [0.2, 0.25) is 5.88 Å². The van der Waals surface area contributed by atoms with Crippen molar-refractivity contribution in [2.45, 2.75) is 25.4 Å². The Bertz CT molecular complexity index is 664. The summed E-state index contributed by atoms with van der Waals surface area (Å²) < 4.78 is 6.82. The number of pyridine rings is 1. The Morgan fingerprint density at radius 3 is 3.00 bits per heavy atom. The Labute approximate surface area is 116 Å². The lowest BCUT2D eigenvalue weighted by molar-refractivity contribution is 0.397. The summed E-state index contributed by atoms with van der Waals surface area (Å²) in [6.07, 6.45) is 7.24. The second-order valence-electron chi connectivity index (χ2n) is 4.78. The van der Waals surface area contributed by atoms with Crippen LogP contribution in [0.5, 0.6) is 5.88 Å². The summed E-state index contributed by atoms with van der Waals surface area (Å²) in [5.74, 6) is 0.941. The number of aromatic nitrogens is 3. The minimum atomic E-state index is -0.0592. The lowest BCUT2D eigenvalue weighted by Gasteiger charge is -2.08. The van der Waals surface area contributed by atoms with Gasteiger partial charge in [-0.3, -0.25) is 4.79 Å². The van der Waals surface area contributed by atoms with E-state index in [0.29, 0.717) is 24.3 Å². The molecule has 0 aromatic carbocycles. The molecule has 6 heteroatoms. The molecule has 0 radical (unpaired) electrons. The van der Waals surface area contributed by atoms with Gasteiger partial charge in [0.25, 0.3) is 5.56 Å². The van der Waals surface area contributed by atoms with Crippen LogP contribution in [0.3, 0.4) is 0 Å². The molecule has 2 aromatic heterocycles. The minimum Gasteiger partial charge on any atom is -0.481 e. The molecule has 2 aromatic rings. The second-order valence-corrected chi connectivity index (χ2v) is 4.78. The van der Waals surface area contributed by atoms with E-state index in [4.69, 9.17) is 4.74 Å². The van der Waals surface area contributed by atoms with Crippen molar-refractivity contribution in [1.29, 1.82) is 0 Å². The Morgan fingerprint density at radius 1 is 1.40 bits per heavy atom. The van der Waals surface area contributed by atoms with E-state index in [0.717, 1.165) is 18.4 Å². The molecule has 0 unspecified atom stereocenters. The molecule has 6 nitrogen and oxygen atoms in total. The molecule has 1 aliphatic carbocycles. The first kappa shape index (κ1) is 12.7. The van der Waals surface area contributed by atoms with E-state index < -0.39 is 0 Å². The number of hydrogen-bond acceptors (Lipinski definition) is 5. The van der Waals surface area contributed by atoms with Crippen LogP contribution in [0.15, 0.2) is 35.5 Å². The molecule has 1 aliphatic rings. The van der Waals surface area contributed by atoms with Gasteiger partial charge in [0, 0.05) is 37.2 Å². The van der Waals surface area contributed by atoms with E-state index in [1.807, 2.05) is 12.1 Å². The highest BCUT2D eigenvalue weighted by atomic mass is 16.5. The van der Waals surface area contributed by atoms with Gasteiger partial charge in [0.05, 0.1) is 7.11 Å². The fraction of sp³-hybridized carbons (Fsp3) is 0.357. The fourth-order valence-electron chi connectivity index (χ4n) is 2.04. The predicted octanol–water partition coefficient (Wildman–Crippen LogP) is 1.59. The van der Waals surface area contributed by atoms with Gasteiger partial charge >= 0.3 is 0 Å². The van der Waals surface area contributed by atoms with Crippen molar-refractivity contribution in [3.63, 3.8) is 0 Å². The zero-order valence-corrected chi connectivity index (χ0v) is 11.2. The maximum atomic E-state index is 12.2. The van der Waals surface area contributed by atoms with Crippen molar-refractivity contribution in [2.24, 2.45) is 0 Å². The molecule has 20 heavy (non-hydrogen) atoms. The first-order valence-corrected chi connectivity index (χ1v) is 6.58. The summed E-state index contributed by atoms with van der Waals surface area (Å²) in [5, 5.41) is 3.08. The molecule has 0 atom stereocenters. The third kappa shape index (κ3) is 2.64. The normalized spacial score (nSPS) is 14.1. The maximum absolute atomic E-state index is 12.2. The summed E-state index contributed by atoms with van der Waals surface area (Å²) in [6, 6.07) is 4.06. The first-order chi connectivity index (χ1) is 9.78. The lowest BCUT2D eigenvalue weighted by Crippen LogP contribution is -2.23.